The number of amides is 2. The zero-order chi connectivity index (χ0) is 22.4. The van der Waals surface area contributed by atoms with E-state index in [4.69, 9.17) is 0 Å². The molecular formula is C23H28N2O5S. The van der Waals surface area contributed by atoms with Crippen molar-refractivity contribution >= 4 is 29.5 Å². The van der Waals surface area contributed by atoms with Gasteiger partial charge in [0, 0.05) is 36.2 Å². The van der Waals surface area contributed by atoms with Crippen LogP contribution in [0.3, 0.4) is 0 Å². The van der Waals surface area contributed by atoms with Gasteiger partial charge in [0.25, 0.3) is 5.91 Å². The molecule has 0 spiro atoms. The molecule has 166 valence electrons. The van der Waals surface area contributed by atoms with Crippen LogP contribution in [0, 0.1) is 17.8 Å². The Morgan fingerprint density at radius 2 is 1.90 bits per heavy atom. The normalized spacial score (nSPS) is 28.0. The van der Waals surface area contributed by atoms with Gasteiger partial charge < -0.3 is 20.0 Å². The molecule has 1 aliphatic carbocycles. The number of β-lactam (4-membered cyclic amide) rings is 1. The second-order valence-corrected chi connectivity index (χ2v) is 9.94. The summed E-state index contributed by atoms with van der Waals surface area (Å²) >= 11 is 1.64. The highest BCUT2D eigenvalue weighted by atomic mass is 32.2. The molecule has 2 fully saturated rings. The Balaban J connectivity index is 1.53. The number of aliphatic hydroxyl groups excluding tert-OH is 1. The summed E-state index contributed by atoms with van der Waals surface area (Å²) in [7, 11) is 3.44. The lowest BCUT2D eigenvalue weighted by Crippen LogP contribution is -2.64. The van der Waals surface area contributed by atoms with Crippen molar-refractivity contribution in [2.75, 3.05) is 19.8 Å². The van der Waals surface area contributed by atoms with Crippen molar-refractivity contribution < 1.29 is 24.6 Å². The van der Waals surface area contributed by atoms with E-state index < -0.39 is 18.0 Å². The Kier molecular flexibility index (Phi) is 5.87. The summed E-state index contributed by atoms with van der Waals surface area (Å²) in [4.78, 5) is 40.7. The quantitative estimate of drug-likeness (QED) is 0.517. The summed E-state index contributed by atoms with van der Waals surface area (Å²) in [6, 6.07) is 7.23. The lowest BCUT2D eigenvalue weighted by Gasteiger charge is -2.47. The molecule has 2 heterocycles. The maximum absolute atomic E-state index is 12.6. The molecule has 5 unspecified atom stereocenters. The number of hydrogen-bond donors (Lipinski definition) is 2. The van der Waals surface area contributed by atoms with Gasteiger partial charge in [-0.1, -0.05) is 6.42 Å². The Hall–Kier alpha value is -2.32. The zero-order valence-corrected chi connectivity index (χ0v) is 18.8. The van der Waals surface area contributed by atoms with Crippen molar-refractivity contribution in [3.8, 4) is 0 Å². The zero-order valence-electron chi connectivity index (χ0n) is 17.9. The number of carbonyl (C=O) groups excluding carboxylic acids is 2. The molecule has 0 radical (unpaired) electrons. The van der Waals surface area contributed by atoms with Gasteiger partial charge in [0.1, 0.15) is 5.70 Å². The molecule has 1 saturated heterocycles. The van der Waals surface area contributed by atoms with Gasteiger partial charge in [-0.3, -0.25) is 9.59 Å². The number of carboxylic acid groups (broad SMARTS) is 1. The largest absolute Gasteiger partial charge is 0.477 e. The van der Waals surface area contributed by atoms with Crippen molar-refractivity contribution in [1.29, 1.82) is 0 Å². The molecule has 8 heteroatoms. The molecular weight excluding hydrogens is 416 g/mol. The van der Waals surface area contributed by atoms with E-state index >= 15 is 0 Å². The first kappa shape index (κ1) is 21.9. The highest BCUT2D eigenvalue weighted by Gasteiger charge is 2.62. The molecule has 1 aromatic rings. The van der Waals surface area contributed by atoms with Gasteiger partial charge in [0.05, 0.1) is 18.1 Å². The Morgan fingerprint density at radius 3 is 2.48 bits per heavy atom. The van der Waals surface area contributed by atoms with Crippen molar-refractivity contribution in [1.82, 2.24) is 9.80 Å². The number of benzene rings is 1. The molecule has 1 aromatic carbocycles. The lowest BCUT2D eigenvalue weighted by atomic mass is 9.70. The van der Waals surface area contributed by atoms with Crippen molar-refractivity contribution in [2.24, 2.45) is 17.8 Å². The minimum absolute atomic E-state index is 0.0165. The van der Waals surface area contributed by atoms with E-state index in [2.05, 4.69) is 0 Å². The standard InChI is InChI=1S/C23H28N2O5S/c1-12(26)17-19-16-6-4-5-14(18(16)20(23(29)30)25(19)22(17)28)11-31-15-9-7-13(8-10-15)21(27)24(2)3/h7-10,12,14,16-17,19,26H,4-6,11H2,1-3H3,(H,29,30). The van der Waals surface area contributed by atoms with Gasteiger partial charge in [0.15, 0.2) is 0 Å². The van der Waals surface area contributed by atoms with Gasteiger partial charge in [-0.2, -0.15) is 0 Å². The van der Waals surface area contributed by atoms with Crippen LogP contribution in [0.2, 0.25) is 0 Å². The van der Waals surface area contributed by atoms with Crippen molar-refractivity contribution in [2.45, 2.75) is 43.2 Å². The molecule has 7 nitrogen and oxygen atoms in total. The highest BCUT2D eigenvalue weighted by Crippen LogP contribution is 2.54. The van der Waals surface area contributed by atoms with Crippen LogP contribution in [0.4, 0.5) is 0 Å². The predicted octanol–water partition coefficient (Wildman–Crippen LogP) is 2.46. The summed E-state index contributed by atoms with van der Waals surface area (Å²) in [6.07, 6.45) is 1.95. The smallest absolute Gasteiger partial charge is 0.352 e. The minimum atomic E-state index is -1.05. The predicted molar refractivity (Wildman–Crippen MR) is 116 cm³/mol. The fourth-order valence-electron chi connectivity index (χ4n) is 5.32. The number of carbonyl (C=O) groups is 3. The molecule has 2 aliphatic heterocycles. The molecule has 3 aliphatic rings. The van der Waals surface area contributed by atoms with E-state index in [0.717, 1.165) is 35.5 Å². The Labute approximate surface area is 186 Å². The first-order valence-corrected chi connectivity index (χ1v) is 11.6. The molecule has 31 heavy (non-hydrogen) atoms. The molecule has 4 rings (SSSR count). The Bertz CT molecular complexity index is 940. The number of hydrogen-bond acceptors (Lipinski definition) is 5. The number of thioether (sulfide) groups is 1. The summed E-state index contributed by atoms with van der Waals surface area (Å²) < 4.78 is 0. The molecule has 5 atom stereocenters. The molecule has 0 bridgehead atoms. The Morgan fingerprint density at radius 1 is 1.23 bits per heavy atom. The SMILES string of the molecule is CC(O)C1C(=O)N2C(C(=O)O)=C3C(CSc4ccc(C(=O)N(C)C)cc4)CCCC3C12. The number of aliphatic carboxylic acids is 1. The van der Waals surface area contributed by atoms with E-state index in [0.29, 0.717) is 5.56 Å². The second-order valence-electron chi connectivity index (χ2n) is 8.84. The third-order valence-corrected chi connectivity index (χ3v) is 7.88. The molecule has 2 amide bonds. The van der Waals surface area contributed by atoms with Crippen LogP contribution in [0.25, 0.3) is 0 Å². The maximum atomic E-state index is 12.6. The van der Waals surface area contributed by atoms with Crippen LogP contribution >= 0.6 is 11.8 Å². The first-order valence-electron chi connectivity index (χ1n) is 10.6. The number of aliphatic hydroxyl groups is 1. The second kappa shape index (κ2) is 8.31. The third-order valence-electron chi connectivity index (χ3n) is 6.70. The molecule has 2 N–H and O–H groups in total. The van der Waals surface area contributed by atoms with Gasteiger partial charge >= 0.3 is 5.97 Å². The highest BCUT2D eigenvalue weighted by molar-refractivity contribution is 7.99. The van der Waals surface area contributed by atoms with E-state index in [9.17, 15) is 24.6 Å². The number of rotatable bonds is 6. The third kappa shape index (κ3) is 3.65. The summed E-state index contributed by atoms with van der Waals surface area (Å²) in [5.74, 6) is -1.07. The summed E-state index contributed by atoms with van der Waals surface area (Å²) in [5, 5.41) is 20.0. The van der Waals surface area contributed by atoms with Gasteiger partial charge in [-0.15, -0.1) is 11.8 Å². The monoisotopic (exact) mass is 444 g/mol. The van der Waals surface area contributed by atoms with Crippen LogP contribution in [-0.2, 0) is 9.59 Å². The fourth-order valence-corrected chi connectivity index (χ4v) is 6.39. The van der Waals surface area contributed by atoms with Crippen molar-refractivity contribution in [3.05, 3.63) is 41.1 Å². The van der Waals surface area contributed by atoms with E-state index in [1.54, 1.807) is 32.8 Å². The van der Waals surface area contributed by atoms with E-state index in [1.165, 1.54) is 9.80 Å². The van der Waals surface area contributed by atoms with Crippen LogP contribution < -0.4 is 0 Å². The molecule has 1 saturated carbocycles. The number of fused-ring (bicyclic) bond motifs is 3. The fraction of sp³-hybridized carbons (Fsp3) is 0.522. The molecule has 0 aromatic heterocycles. The van der Waals surface area contributed by atoms with Gasteiger partial charge in [-0.25, -0.2) is 4.79 Å². The minimum Gasteiger partial charge on any atom is -0.477 e. The van der Waals surface area contributed by atoms with E-state index in [-0.39, 0.29) is 35.4 Å². The number of carboxylic acids is 1. The summed E-state index contributed by atoms with van der Waals surface area (Å²) in [5.41, 5.74) is 1.66. The average Bonchev–Trinajstić information content (AvgIpc) is 3.03. The van der Waals surface area contributed by atoms with E-state index in [1.807, 2.05) is 24.3 Å². The van der Waals surface area contributed by atoms with Gasteiger partial charge in [0.2, 0.25) is 5.91 Å². The van der Waals surface area contributed by atoms with Crippen LogP contribution in [0.1, 0.15) is 36.5 Å². The summed E-state index contributed by atoms with van der Waals surface area (Å²) in [6.45, 7) is 1.61. The van der Waals surface area contributed by atoms with Crippen molar-refractivity contribution in [3.63, 3.8) is 0 Å². The maximum Gasteiger partial charge on any atom is 0.352 e. The van der Waals surface area contributed by atoms with Crippen LogP contribution in [0.15, 0.2) is 40.4 Å². The first-order chi connectivity index (χ1) is 14.7. The lowest BCUT2D eigenvalue weighted by molar-refractivity contribution is -0.163. The topological polar surface area (TPSA) is 98.1 Å². The van der Waals surface area contributed by atoms with Crippen LogP contribution in [-0.4, -0.2) is 69.8 Å². The van der Waals surface area contributed by atoms with Gasteiger partial charge in [-0.05, 0) is 55.5 Å². The number of nitrogens with zero attached hydrogens (tertiary/aromatic N) is 2. The average molecular weight is 445 g/mol. The van der Waals surface area contributed by atoms with Crippen LogP contribution in [0.5, 0.6) is 0 Å².